The summed E-state index contributed by atoms with van der Waals surface area (Å²) in [6.07, 6.45) is 5.21. The van der Waals surface area contributed by atoms with E-state index in [1.54, 1.807) is 4.68 Å². The molecule has 0 aliphatic carbocycles. The van der Waals surface area contributed by atoms with Gasteiger partial charge in [0, 0.05) is 37.5 Å². The van der Waals surface area contributed by atoms with Gasteiger partial charge in [-0.25, -0.2) is 4.68 Å². The number of carbonyl (C=O) groups is 2. The molecule has 3 N–H and O–H groups in total. The molecule has 7 nitrogen and oxygen atoms in total. The molecule has 136 valence electrons. The Bertz CT molecular complexity index is 525. The second-order valence-electron chi connectivity index (χ2n) is 6.79. The lowest BCUT2D eigenvalue weighted by atomic mass is 9.98. The average molecular weight is 337 g/mol. The number of carbonyl (C=O) groups excluding carboxylic acids is 2. The maximum atomic E-state index is 11.8. The largest absolute Gasteiger partial charge is 0.356 e. The van der Waals surface area contributed by atoms with Crippen molar-refractivity contribution in [3.05, 3.63) is 11.9 Å². The first-order chi connectivity index (χ1) is 11.3. The highest BCUT2D eigenvalue weighted by Gasteiger charge is 2.16. The van der Waals surface area contributed by atoms with E-state index in [0.717, 1.165) is 18.5 Å². The van der Waals surface area contributed by atoms with E-state index in [-0.39, 0.29) is 29.7 Å². The molecule has 0 aliphatic rings. The molecule has 1 atom stereocenters. The fourth-order valence-corrected chi connectivity index (χ4v) is 2.30. The Morgan fingerprint density at radius 1 is 1.25 bits per heavy atom. The summed E-state index contributed by atoms with van der Waals surface area (Å²) in [6, 6.07) is -0.113. The number of nitrogens with one attached hydrogen (secondary N) is 1. The van der Waals surface area contributed by atoms with Crippen LogP contribution in [0.15, 0.2) is 6.20 Å². The van der Waals surface area contributed by atoms with Crippen molar-refractivity contribution in [1.29, 1.82) is 0 Å². The van der Waals surface area contributed by atoms with Gasteiger partial charge in [-0.2, -0.15) is 0 Å². The summed E-state index contributed by atoms with van der Waals surface area (Å²) in [4.78, 5) is 23.5. The summed E-state index contributed by atoms with van der Waals surface area (Å²) in [6.45, 7) is 8.40. The van der Waals surface area contributed by atoms with E-state index in [1.807, 2.05) is 33.9 Å². The van der Waals surface area contributed by atoms with Gasteiger partial charge in [0.15, 0.2) is 5.78 Å². The number of hydrogen-bond donors (Lipinski definition) is 2. The topological polar surface area (TPSA) is 103 Å². The van der Waals surface area contributed by atoms with Gasteiger partial charge in [-0.05, 0) is 33.1 Å². The summed E-state index contributed by atoms with van der Waals surface area (Å²) >= 11 is 0. The molecule has 0 radical (unpaired) electrons. The van der Waals surface area contributed by atoms with Gasteiger partial charge in [0.25, 0.3) is 0 Å². The minimum Gasteiger partial charge on any atom is -0.356 e. The summed E-state index contributed by atoms with van der Waals surface area (Å²) < 4.78 is 1.79. The quantitative estimate of drug-likeness (QED) is 0.597. The Kier molecular flexibility index (Phi) is 8.60. The van der Waals surface area contributed by atoms with Crippen LogP contribution >= 0.6 is 0 Å². The number of aromatic nitrogens is 3. The molecule has 1 aromatic rings. The lowest BCUT2D eigenvalue weighted by Gasteiger charge is -2.12. The molecule has 1 heterocycles. The maximum Gasteiger partial charge on any atom is 0.220 e. The Balaban J connectivity index is 2.12. The number of ketones is 1. The van der Waals surface area contributed by atoms with Gasteiger partial charge < -0.3 is 11.1 Å². The van der Waals surface area contributed by atoms with Crippen LogP contribution in [0, 0.1) is 5.92 Å². The predicted molar refractivity (Wildman–Crippen MR) is 93.4 cm³/mol. The van der Waals surface area contributed by atoms with Crippen molar-refractivity contribution < 1.29 is 9.59 Å². The van der Waals surface area contributed by atoms with Crippen molar-refractivity contribution in [3.63, 3.8) is 0 Å². The molecule has 1 unspecified atom stereocenters. The van der Waals surface area contributed by atoms with Crippen molar-refractivity contribution in [2.24, 2.45) is 11.7 Å². The number of unbranched alkanes of at least 4 members (excludes halogenated alkanes) is 1. The predicted octanol–water partition coefficient (Wildman–Crippen LogP) is 1.63. The minimum atomic E-state index is -0.385. The van der Waals surface area contributed by atoms with E-state index in [0.29, 0.717) is 25.8 Å². The minimum absolute atomic E-state index is 0.0108. The third-order valence-electron chi connectivity index (χ3n) is 3.89. The van der Waals surface area contributed by atoms with Gasteiger partial charge in [-0.3, -0.25) is 9.59 Å². The molecule has 1 aromatic heterocycles. The zero-order valence-electron chi connectivity index (χ0n) is 15.3. The van der Waals surface area contributed by atoms with Crippen molar-refractivity contribution in [3.8, 4) is 0 Å². The second-order valence-corrected chi connectivity index (χ2v) is 6.79. The van der Waals surface area contributed by atoms with Crippen LogP contribution in [0.4, 0.5) is 0 Å². The Labute approximate surface area is 144 Å². The fourth-order valence-electron chi connectivity index (χ4n) is 2.30. The zero-order valence-corrected chi connectivity index (χ0v) is 15.3. The summed E-state index contributed by atoms with van der Waals surface area (Å²) in [5, 5.41) is 11.0. The zero-order chi connectivity index (χ0) is 18.1. The van der Waals surface area contributed by atoms with Crippen LogP contribution in [0.3, 0.4) is 0 Å². The number of rotatable bonds is 11. The van der Waals surface area contributed by atoms with E-state index in [2.05, 4.69) is 15.6 Å². The maximum absolute atomic E-state index is 11.8. The third kappa shape index (κ3) is 7.21. The highest BCUT2D eigenvalue weighted by atomic mass is 16.1. The summed E-state index contributed by atoms with van der Waals surface area (Å²) in [5.41, 5.74) is 6.67. The number of hydrogen-bond acceptors (Lipinski definition) is 5. The van der Waals surface area contributed by atoms with Gasteiger partial charge in [0.1, 0.15) is 0 Å². The SMILES string of the molecule is CC(C)C(=O)C(N)CCCCNC(=O)CCc1cn(C(C)C)nn1. The van der Waals surface area contributed by atoms with Gasteiger partial charge in [-0.15, -0.1) is 5.10 Å². The Morgan fingerprint density at radius 2 is 1.96 bits per heavy atom. The molecule has 0 bridgehead atoms. The molecule has 0 spiro atoms. The molecule has 0 saturated heterocycles. The Morgan fingerprint density at radius 3 is 2.54 bits per heavy atom. The lowest BCUT2D eigenvalue weighted by molar-refractivity contribution is -0.123. The fraction of sp³-hybridized carbons (Fsp3) is 0.765. The highest BCUT2D eigenvalue weighted by Crippen LogP contribution is 2.06. The van der Waals surface area contributed by atoms with Crippen LogP contribution in [0.1, 0.15) is 65.1 Å². The molecule has 24 heavy (non-hydrogen) atoms. The van der Waals surface area contributed by atoms with Crippen LogP contribution in [-0.4, -0.2) is 39.3 Å². The molecule has 0 aromatic carbocycles. The standard InChI is InChI=1S/C17H31N5O2/c1-12(2)17(24)15(18)7-5-6-10-19-16(23)9-8-14-11-22(13(3)4)21-20-14/h11-13,15H,5-10,18H2,1-4H3,(H,19,23). The van der Waals surface area contributed by atoms with Gasteiger partial charge in [0.2, 0.25) is 5.91 Å². The number of amides is 1. The third-order valence-corrected chi connectivity index (χ3v) is 3.89. The van der Waals surface area contributed by atoms with Crippen LogP contribution in [0.25, 0.3) is 0 Å². The molecule has 7 heteroatoms. The van der Waals surface area contributed by atoms with Gasteiger partial charge in [-0.1, -0.05) is 19.1 Å². The van der Waals surface area contributed by atoms with Crippen molar-refractivity contribution >= 4 is 11.7 Å². The number of Topliss-reactive ketones (excluding diaryl/α,β-unsaturated/α-hetero) is 1. The monoisotopic (exact) mass is 337 g/mol. The van der Waals surface area contributed by atoms with Gasteiger partial charge >= 0.3 is 0 Å². The van der Waals surface area contributed by atoms with Crippen LogP contribution in [0.5, 0.6) is 0 Å². The molecule has 1 amide bonds. The first-order valence-electron chi connectivity index (χ1n) is 8.78. The smallest absolute Gasteiger partial charge is 0.220 e. The Hall–Kier alpha value is -1.76. The van der Waals surface area contributed by atoms with E-state index in [9.17, 15) is 9.59 Å². The van der Waals surface area contributed by atoms with Crippen molar-refractivity contribution in [1.82, 2.24) is 20.3 Å². The molecule has 0 fully saturated rings. The highest BCUT2D eigenvalue weighted by molar-refractivity contribution is 5.85. The van der Waals surface area contributed by atoms with Crippen LogP contribution in [0.2, 0.25) is 0 Å². The van der Waals surface area contributed by atoms with Crippen molar-refractivity contribution in [2.45, 2.75) is 71.9 Å². The van der Waals surface area contributed by atoms with E-state index >= 15 is 0 Å². The summed E-state index contributed by atoms with van der Waals surface area (Å²) in [7, 11) is 0. The molecule has 1 rings (SSSR count). The first-order valence-corrected chi connectivity index (χ1v) is 8.78. The number of aryl methyl sites for hydroxylation is 1. The first kappa shape index (κ1) is 20.3. The van der Waals surface area contributed by atoms with Crippen LogP contribution < -0.4 is 11.1 Å². The lowest BCUT2D eigenvalue weighted by Crippen LogP contribution is -2.33. The second kappa shape index (κ2) is 10.2. The van der Waals surface area contributed by atoms with E-state index in [1.165, 1.54) is 0 Å². The number of nitrogens with zero attached hydrogens (tertiary/aromatic N) is 3. The van der Waals surface area contributed by atoms with Gasteiger partial charge in [0.05, 0.1) is 11.7 Å². The molecule has 0 saturated carbocycles. The summed E-state index contributed by atoms with van der Waals surface area (Å²) in [5.74, 6) is 0.0958. The molecular formula is C17H31N5O2. The molecule has 0 aliphatic heterocycles. The van der Waals surface area contributed by atoms with E-state index < -0.39 is 0 Å². The van der Waals surface area contributed by atoms with Crippen LogP contribution in [-0.2, 0) is 16.0 Å². The number of nitrogens with two attached hydrogens (primary N) is 1. The normalized spacial score (nSPS) is 12.6. The van der Waals surface area contributed by atoms with E-state index in [4.69, 9.17) is 5.73 Å². The molecular weight excluding hydrogens is 306 g/mol. The van der Waals surface area contributed by atoms with Crippen molar-refractivity contribution in [2.75, 3.05) is 6.54 Å². The average Bonchev–Trinajstić information content (AvgIpc) is 3.00.